The fourth-order valence-electron chi connectivity index (χ4n) is 3.11. The molecule has 23 heavy (non-hydrogen) atoms. The van der Waals surface area contributed by atoms with Crippen molar-refractivity contribution in [2.45, 2.75) is 77.6 Å². The van der Waals surface area contributed by atoms with Gasteiger partial charge in [-0.15, -0.1) is 0 Å². The highest BCUT2D eigenvalue weighted by Crippen LogP contribution is 2.15. The van der Waals surface area contributed by atoms with Gasteiger partial charge in [-0.1, -0.05) is 62.6 Å². The Morgan fingerprint density at radius 1 is 0.913 bits per heavy atom. The number of carbonyl (C=O) groups is 1. The molecule has 1 aliphatic carbocycles. The molecule has 0 saturated heterocycles. The first-order chi connectivity index (χ1) is 11.3. The molecule has 1 aliphatic rings. The standard InChI is InChI=1S/C20H30N2O/c1-17-12-11-13-18(16-17)20(23)22-21-19-14-9-7-5-3-2-4-6-8-10-15-19/h11-13,16H,2-10,14-15H2,1H3,(H,22,23). The number of nitrogens with zero attached hydrogens (tertiary/aromatic N) is 1. The van der Waals surface area contributed by atoms with Gasteiger partial charge in [0.1, 0.15) is 0 Å². The molecular weight excluding hydrogens is 284 g/mol. The number of benzene rings is 1. The number of rotatable bonds is 2. The van der Waals surface area contributed by atoms with Crippen molar-refractivity contribution in [2.75, 3.05) is 0 Å². The third-order valence-electron chi connectivity index (χ3n) is 4.53. The molecule has 0 unspecified atom stereocenters. The maximum atomic E-state index is 12.2. The molecule has 1 amide bonds. The van der Waals surface area contributed by atoms with Gasteiger partial charge in [-0.25, -0.2) is 5.43 Å². The predicted octanol–water partition coefficient (Wildman–Crippen LogP) is 5.39. The van der Waals surface area contributed by atoms with Crippen LogP contribution in [0.15, 0.2) is 29.4 Å². The molecule has 0 bridgehead atoms. The van der Waals surface area contributed by atoms with Crippen molar-refractivity contribution < 1.29 is 4.79 Å². The van der Waals surface area contributed by atoms with E-state index >= 15 is 0 Å². The summed E-state index contributed by atoms with van der Waals surface area (Å²) in [4.78, 5) is 12.2. The third kappa shape index (κ3) is 6.98. The zero-order valence-corrected chi connectivity index (χ0v) is 14.4. The predicted molar refractivity (Wildman–Crippen MR) is 96.9 cm³/mol. The topological polar surface area (TPSA) is 41.5 Å². The summed E-state index contributed by atoms with van der Waals surface area (Å²) in [5, 5.41) is 4.43. The minimum absolute atomic E-state index is 0.104. The van der Waals surface area contributed by atoms with Gasteiger partial charge in [0.2, 0.25) is 0 Å². The fraction of sp³-hybridized carbons (Fsp3) is 0.600. The molecule has 2 rings (SSSR count). The van der Waals surface area contributed by atoms with E-state index in [1.165, 1.54) is 57.8 Å². The molecule has 1 N–H and O–H groups in total. The monoisotopic (exact) mass is 314 g/mol. The highest BCUT2D eigenvalue weighted by atomic mass is 16.2. The Hall–Kier alpha value is -1.64. The number of carbonyl (C=O) groups excluding carboxylic acids is 1. The number of hydrogen-bond donors (Lipinski definition) is 1. The van der Waals surface area contributed by atoms with E-state index in [2.05, 4.69) is 10.5 Å². The minimum Gasteiger partial charge on any atom is -0.267 e. The van der Waals surface area contributed by atoms with Crippen LogP contribution >= 0.6 is 0 Å². The molecule has 0 heterocycles. The lowest BCUT2D eigenvalue weighted by atomic mass is 10.00. The van der Waals surface area contributed by atoms with E-state index in [1.54, 1.807) is 0 Å². The number of nitrogens with one attached hydrogen (secondary N) is 1. The summed E-state index contributed by atoms with van der Waals surface area (Å²) in [6.45, 7) is 2.00. The van der Waals surface area contributed by atoms with Crippen molar-refractivity contribution in [3.8, 4) is 0 Å². The van der Waals surface area contributed by atoms with Crippen LogP contribution in [-0.4, -0.2) is 11.6 Å². The Morgan fingerprint density at radius 2 is 1.48 bits per heavy atom. The Bertz CT molecular complexity index is 508. The Balaban J connectivity index is 1.90. The molecule has 1 saturated carbocycles. The van der Waals surface area contributed by atoms with Crippen LogP contribution in [0.25, 0.3) is 0 Å². The zero-order chi connectivity index (χ0) is 16.3. The lowest BCUT2D eigenvalue weighted by Crippen LogP contribution is -2.20. The van der Waals surface area contributed by atoms with Crippen molar-refractivity contribution in [3.63, 3.8) is 0 Å². The van der Waals surface area contributed by atoms with Crippen LogP contribution in [0.2, 0.25) is 0 Å². The van der Waals surface area contributed by atoms with E-state index in [0.717, 1.165) is 24.1 Å². The van der Waals surface area contributed by atoms with E-state index in [1.807, 2.05) is 31.2 Å². The average Bonchev–Trinajstić information content (AvgIpc) is 2.54. The summed E-state index contributed by atoms with van der Waals surface area (Å²) in [7, 11) is 0. The van der Waals surface area contributed by atoms with E-state index in [-0.39, 0.29) is 5.91 Å². The Labute approximate surface area is 140 Å². The summed E-state index contributed by atoms with van der Waals surface area (Å²) in [5.74, 6) is -0.104. The molecule has 3 heteroatoms. The molecule has 0 aliphatic heterocycles. The average molecular weight is 314 g/mol. The lowest BCUT2D eigenvalue weighted by Gasteiger charge is -2.10. The van der Waals surface area contributed by atoms with E-state index in [0.29, 0.717) is 5.56 Å². The quantitative estimate of drug-likeness (QED) is 0.731. The summed E-state index contributed by atoms with van der Waals surface area (Å²) in [5.41, 5.74) is 5.69. The second-order valence-corrected chi connectivity index (χ2v) is 6.67. The van der Waals surface area contributed by atoms with E-state index in [4.69, 9.17) is 0 Å². The Morgan fingerprint density at radius 3 is 2.04 bits per heavy atom. The normalized spacial score (nSPS) is 17.7. The second kappa shape index (κ2) is 10.2. The van der Waals surface area contributed by atoms with Gasteiger partial charge in [0.25, 0.3) is 5.91 Å². The number of hydrogen-bond acceptors (Lipinski definition) is 2. The smallest absolute Gasteiger partial charge is 0.267 e. The molecule has 1 fully saturated rings. The molecule has 1 aromatic carbocycles. The fourth-order valence-corrected chi connectivity index (χ4v) is 3.11. The van der Waals surface area contributed by atoms with Crippen LogP contribution < -0.4 is 5.43 Å². The van der Waals surface area contributed by atoms with Crippen LogP contribution in [0, 0.1) is 6.92 Å². The van der Waals surface area contributed by atoms with Crippen LogP contribution in [0.4, 0.5) is 0 Å². The van der Waals surface area contributed by atoms with Crippen LogP contribution in [0.5, 0.6) is 0 Å². The molecule has 3 nitrogen and oxygen atoms in total. The van der Waals surface area contributed by atoms with Crippen LogP contribution in [-0.2, 0) is 0 Å². The lowest BCUT2D eigenvalue weighted by molar-refractivity contribution is 0.0954. The van der Waals surface area contributed by atoms with Gasteiger partial charge in [0.15, 0.2) is 0 Å². The second-order valence-electron chi connectivity index (χ2n) is 6.67. The molecule has 0 spiro atoms. The Kier molecular flexibility index (Phi) is 7.85. The highest BCUT2D eigenvalue weighted by Gasteiger charge is 2.07. The van der Waals surface area contributed by atoms with E-state index in [9.17, 15) is 4.79 Å². The summed E-state index contributed by atoms with van der Waals surface area (Å²) < 4.78 is 0. The molecule has 126 valence electrons. The van der Waals surface area contributed by atoms with Gasteiger partial charge in [0.05, 0.1) is 0 Å². The summed E-state index contributed by atoms with van der Waals surface area (Å²) in [6, 6.07) is 7.64. The molecular formula is C20H30N2O. The van der Waals surface area contributed by atoms with Crippen molar-refractivity contribution in [3.05, 3.63) is 35.4 Å². The van der Waals surface area contributed by atoms with Crippen LogP contribution in [0.1, 0.15) is 86.6 Å². The minimum atomic E-state index is -0.104. The van der Waals surface area contributed by atoms with Crippen molar-refractivity contribution in [2.24, 2.45) is 5.10 Å². The maximum absolute atomic E-state index is 12.2. The van der Waals surface area contributed by atoms with E-state index < -0.39 is 0 Å². The summed E-state index contributed by atoms with van der Waals surface area (Å²) >= 11 is 0. The van der Waals surface area contributed by atoms with Crippen molar-refractivity contribution in [1.82, 2.24) is 5.43 Å². The van der Waals surface area contributed by atoms with Crippen LogP contribution in [0.3, 0.4) is 0 Å². The number of amides is 1. The largest absolute Gasteiger partial charge is 0.271 e. The molecule has 0 radical (unpaired) electrons. The van der Waals surface area contributed by atoms with Gasteiger partial charge in [-0.05, 0) is 44.7 Å². The SMILES string of the molecule is Cc1cccc(C(=O)NN=C2CCCCCCCCCCC2)c1. The van der Waals surface area contributed by atoms with Gasteiger partial charge in [0, 0.05) is 11.3 Å². The highest BCUT2D eigenvalue weighted by molar-refractivity contribution is 5.95. The molecule has 1 aromatic rings. The molecule has 0 aromatic heterocycles. The van der Waals surface area contributed by atoms with Gasteiger partial charge in [-0.2, -0.15) is 5.10 Å². The van der Waals surface area contributed by atoms with Crippen molar-refractivity contribution >= 4 is 11.6 Å². The first-order valence-corrected chi connectivity index (χ1v) is 9.18. The van der Waals surface area contributed by atoms with Gasteiger partial charge >= 0.3 is 0 Å². The van der Waals surface area contributed by atoms with Gasteiger partial charge in [-0.3, -0.25) is 4.79 Å². The zero-order valence-electron chi connectivity index (χ0n) is 14.4. The molecule has 0 atom stereocenters. The van der Waals surface area contributed by atoms with Gasteiger partial charge < -0.3 is 0 Å². The summed E-state index contributed by atoms with van der Waals surface area (Å²) in [6.07, 6.45) is 13.8. The maximum Gasteiger partial charge on any atom is 0.271 e. The number of hydrazone groups is 1. The first kappa shape index (κ1) is 17.7. The third-order valence-corrected chi connectivity index (χ3v) is 4.53. The number of aryl methyl sites for hydroxylation is 1. The van der Waals surface area contributed by atoms with Crippen molar-refractivity contribution in [1.29, 1.82) is 0 Å². The first-order valence-electron chi connectivity index (χ1n) is 9.18.